The van der Waals surface area contributed by atoms with E-state index >= 15 is 0 Å². The molecule has 0 aliphatic heterocycles. The van der Waals surface area contributed by atoms with E-state index in [-0.39, 0.29) is 16.1 Å². The number of nitrogens with one attached hydrogen (secondary N) is 1. The van der Waals surface area contributed by atoms with Gasteiger partial charge < -0.3 is 14.5 Å². The predicted octanol–water partition coefficient (Wildman–Crippen LogP) is 5.77. The SMILES string of the molecule is CNC(=O)N(c1ccc2oc3c(OC)cccc3c2c1)c1c(Cl)cncc1Cl. The number of urea groups is 1. The summed E-state index contributed by atoms with van der Waals surface area (Å²) in [6.45, 7) is 0. The van der Waals surface area contributed by atoms with Gasteiger partial charge in [0.2, 0.25) is 0 Å². The molecule has 2 heterocycles. The molecule has 0 fully saturated rings. The summed E-state index contributed by atoms with van der Waals surface area (Å²) in [6.07, 6.45) is 2.88. The number of amides is 2. The molecule has 2 aromatic carbocycles. The fraction of sp³-hybridized carbons (Fsp3) is 0.100. The van der Waals surface area contributed by atoms with Crippen LogP contribution in [0, 0.1) is 0 Å². The molecule has 0 unspecified atom stereocenters. The number of nitrogens with zero attached hydrogens (tertiary/aromatic N) is 2. The molecule has 6 nitrogen and oxygen atoms in total. The fourth-order valence-corrected chi connectivity index (χ4v) is 3.67. The summed E-state index contributed by atoms with van der Waals surface area (Å²) in [4.78, 5) is 18.1. The number of rotatable bonds is 3. The number of hydrogen-bond acceptors (Lipinski definition) is 4. The molecule has 8 heteroatoms. The second-order valence-electron chi connectivity index (χ2n) is 5.96. The number of anilines is 2. The van der Waals surface area contributed by atoms with Crippen molar-refractivity contribution in [3.8, 4) is 5.75 Å². The molecular formula is C20H15Cl2N3O3. The maximum absolute atomic E-state index is 12.7. The van der Waals surface area contributed by atoms with E-state index in [0.29, 0.717) is 28.3 Å². The van der Waals surface area contributed by atoms with Crippen molar-refractivity contribution >= 4 is 62.5 Å². The third-order valence-electron chi connectivity index (χ3n) is 4.39. The van der Waals surface area contributed by atoms with Gasteiger partial charge in [0.05, 0.1) is 28.5 Å². The van der Waals surface area contributed by atoms with Gasteiger partial charge in [-0.2, -0.15) is 0 Å². The van der Waals surface area contributed by atoms with Crippen LogP contribution in [0.2, 0.25) is 10.0 Å². The molecule has 0 atom stereocenters. The van der Waals surface area contributed by atoms with Crippen LogP contribution in [0.1, 0.15) is 0 Å². The van der Waals surface area contributed by atoms with E-state index in [0.717, 1.165) is 10.8 Å². The Morgan fingerprint density at radius 3 is 2.57 bits per heavy atom. The van der Waals surface area contributed by atoms with Crippen LogP contribution in [0.3, 0.4) is 0 Å². The molecule has 0 saturated heterocycles. The van der Waals surface area contributed by atoms with Gasteiger partial charge in [-0.1, -0.05) is 35.3 Å². The first-order valence-electron chi connectivity index (χ1n) is 8.35. The van der Waals surface area contributed by atoms with E-state index in [9.17, 15) is 4.79 Å². The van der Waals surface area contributed by atoms with Gasteiger partial charge >= 0.3 is 6.03 Å². The number of para-hydroxylation sites is 1. The average Bonchev–Trinajstić information content (AvgIpc) is 3.08. The topological polar surface area (TPSA) is 67.6 Å². The molecule has 0 saturated carbocycles. The number of furan rings is 1. The lowest BCUT2D eigenvalue weighted by Gasteiger charge is -2.24. The number of hydrogen-bond donors (Lipinski definition) is 1. The fourth-order valence-electron chi connectivity index (χ4n) is 3.14. The minimum atomic E-state index is -0.389. The van der Waals surface area contributed by atoms with Crippen molar-refractivity contribution in [2.24, 2.45) is 0 Å². The van der Waals surface area contributed by atoms with Gasteiger partial charge in [-0.3, -0.25) is 9.88 Å². The summed E-state index contributed by atoms with van der Waals surface area (Å²) in [5.74, 6) is 0.638. The van der Waals surface area contributed by atoms with Gasteiger partial charge in [0.25, 0.3) is 0 Å². The number of aromatic nitrogens is 1. The first kappa shape index (κ1) is 18.4. The zero-order valence-corrected chi connectivity index (χ0v) is 16.5. The Balaban J connectivity index is 1.97. The number of carbonyl (C=O) groups excluding carboxylic acids is 1. The molecule has 0 bridgehead atoms. The number of ether oxygens (including phenoxy) is 1. The van der Waals surface area contributed by atoms with Crippen molar-refractivity contribution in [2.45, 2.75) is 0 Å². The molecule has 2 aromatic heterocycles. The highest BCUT2D eigenvalue weighted by atomic mass is 35.5. The van der Waals surface area contributed by atoms with Crippen LogP contribution < -0.4 is 15.0 Å². The highest BCUT2D eigenvalue weighted by Crippen LogP contribution is 2.40. The van der Waals surface area contributed by atoms with Crippen LogP contribution in [0.15, 0.2) is 53.2 Å². The minimum Gasteiger partial charge on any atom is -0.493 e. The van der Waals surface area contributed by atoms with E-state index in [1.165, 1.54) is 24.3 Å². The number of pyridine rings is 1. The molecule has 142 valence electrons. The second-order valence-corrected chi connectivity index (χ2v) is 6.78. The zero-order chi connectivity index (χ0) is 19.8. The van der Waals surface area contributed by atoms with Crippen molar-refractivity contribution in [3.63, 3.8) is 0 Å². The first-order chi connectivity index (χ1) is 13.5. The highest BCUT2D eigenvalue weighted by Gasteiger charge is 2.24. The van der Waals surface area contributed by atoms with Crippen molar-refractivity contribution in [1.82, 2.24) is 10.3 Å². The lowest BCUT2D eigenvalue weighted by atomic mass is 10.1. The normalized spacial score (nSPS) is 11.0. The zero-order valence-electron chi connectivity index (χ0n) is 15.0. The van der Waals surface area contributed by atoms with Crippen molar-refractivity contribution in [1.29, 1.82) is 0 Å². The van der Waals surface area contributed by atoms with Crippen LogP contribution >= 0.6 is 23.2 Å². The van der Waals surface area contributed by atoms with Crippen LogP contribution in [-0.4, -0.2) is 25.2 Å². The summed E-state index contributed by atoms with van der Waals surface area (Å²) in [5, 5.41) is 4.85. The Labute approximate surface area is 170 Å². The van der Waals surface area contributed by atoms with E-state index in [1.807, 2.05) is 24.3 Å². The first-order valence-corrected chi connectivity index (χ1v) is 9.11. The third kappa shape index (κ3) is 2.91. The van der Waals surface area contributed by atoms with Crippen molar-refractivity contribution in [3.05, 3.63) is 58.8 Å². The summed E-state index contributed by atoms with van der Waals surface area (Å²) in [7, 11) is 3.13. The van der Waals surface area contributed by atoms with Gasteiger partial charge in [-0.15, -0.1) is 0 Å². The molecule has 4 aromatic rings. The van der Waals surface area contributed by atoms with Crippen LogP contribution in [-0.2, 0) is 0 Å². The number of fused-ring (bicyclic) bond motifs is 3. The molecule has 2 amide bonds. The van der Waals surface area contributed by atoms with Gasteiger partial charge in [-0.05, 0) is 24.3 Å². The molecule has 0 aliphatic rings. The maximum Gasteiger partial charge on any atom is 0.326 e. The van der Waals surface area contributed by atoms with Gasteiger partial charge in [0.1, 0.15) is 5.58 Å². The quantitative estimate of drug-likeness (QED) is 0.460. The molecular weight excluding hydrogens is 401 g/mol. The van der Waals surface area contributed by atoms with Gasteiger partial charge in [0, 0.05) is 30.2 Å². The summed E-state index contributed by atoms with van der Waals surface area (Å²) >= 11 is 12.6. The Bertz CT molecular complexity index is 1190. The predicted molar refractivity (Wildman–Crippen MR) is 111 cm³/mol. The molecule has 0 aliphatic carbocycles. The number of methoxy groups -OCH3 is 1. The molecule has 0 spiro atoms. The Hall–Kier alpha value is -2.96. The molecule has 0 radical (unpaired) electrons. The van der Waals surface area contributed by atoms with Crippen LogP contribution in [0.4, 0.5) is 16.2 Å². The average molecular weight is 416 g/mol. The standard InChI is InChI=1S/C20H15Cl2N3O3/c1-23-20(26)25(18-14(21)9-24-10-15(18)22)11-6-7-16-13(8-11)12-4-3-5-17(27-2)19(12)28-16/h3-10H,1-2H3,(H,23,26). The summed E-state index contributed by atoms with van der Waals surface area (Å²) < 4.78 is 11.3. The van der Waals surface area contributed by atoms with E-state index in [2.05, 4.69) is 10.3 Å². The van der Waals surface area contributed by atoms with Crippen LogP contribution in [0.25, 0.3) is 21.9 Å². The van der Waals surface area contributed by atoms with E-state index in [4.69, 9.17) is 32.4 Å². The third-order valence-corrected chi connectivity index (χ3v) is 4.94. The lowest BCUT2D eigenvalue weighted by molar-refractivity contribution is 0.250. The summed E-state index contributed by atoms with van der Waals surface area (Å²) in [5.41, 5.74) is 2.24. The Kier molecular flexibility index (Phi) is 4.75. The molecule has 1 N–H and O–H groups in total. The Morgan fingerprint density at radius 1 is 1.14 bits per heavy atom. The monoisotopic (exact) mass is 415 g/mol. The van der Waals surface area contributed by atoms with Crippen molar-refractivity contribution < 1.29 is 13.9 Å². The maximum atomic E-state index is 12.7. The molecule has 28 heavy (non-hydrogen) atoms. The minimum absolute atomic E-state index is 0.259. The largest absolute Gasteiger partial charge is 0.493 e. The highest BCUT2D eigenvalue weighted by molar-refractivity contribution is 6.40. The van der Waals surface area contributed by atoms with Gasteiger partial charge in [0.15, 0.2) is 11.3 Å². The molecule has 4 rings (SSSR count). The number of benzene rings is 2. The van der Waals surface area contributed by atoms with Crippen LogP contribution in [0.5, 0.6) is 5.75 Å². The van der Waals surface area contributed by atoms with Crippen molar-refractivity contribution in [2.75, 3.05) is 19.1 Å². The number of halogens is 2. The number of carbonyl (C=O) groups is 1. The van der Waals surface area contributed by atoms with Gasteiger partial charge in [-0.25, -0.2) is 4.79 Å². The van der Waals surface area contributed by atoms with E-state index in [1.54, 1.807) is 19.2 Å². The summed E-state index contributed by atoms with van der Waals surface area (Å²) in [6, 6.07) is 10.7. The second kappa shape index (κ2) is 7.22. The lowest BCUT2D eigenvalue weighted by Crippen LogP contribution is -2.34. The van der Waals surface area contributed by atoms with E-state index < -0.39 is 0 Å². The Morgan fingerprint density at radius 2 is 1.89 bits per heavy atom. The smallest absolute Gasteiger partial charge is 0.326 e.